The SMILES string of the molecule is O=C(CN1CCCC1)Nc1ccc(NC(=O)c2cccc(F)c2)cc1. The van der Waals surface area contributed by atoms with Crippen LogP contribution in [0.2, 0.25) is 0 Å². The maximum absolute atomic E-state index is 13.2. The number of rotatable bonds is 5. The molecule has 1 aliphatic heterocycles. The van der Waals surface area contributed by atoms with Gasteiger partial charge in [0.2, 0.25) is 5.91 Å². The standard InChI is InChI=1S/C19H20FN3O2/c20-15-5-3-4-14(12-15)19(25)22-17-8-6-16(7-9-17)21-18(24)13-23-10-1-2-11-23/h3-9,12H,1-2,10-11,13H2,(H,21,24)(H,22,25). The van der Waals surface area contributed by atoms with Gasteiger partial charge < -0.3 is 10.6 Å². The molecule has 0 spiro atoms. The maximum Gasteiger partial charge on any atom is 0.255 e. The monoisotopic (exact) mass is 341 g/mol. The topological polar surface area (TPSA) is 61.4 Å². The average molecular weight is 341 g/mol. The lowest BCUT2D eigenvalue weighted by atomic mass is 10.2. The van der Waals surface area contributed by atoms with E-state index in [1.165, 1.54) is 18.2 Å². The van der Waals surface area contributed by atoms with Gasteiger partial charge >= 0.3 is 0 Å². The molecule has 5 nitrogen and oxygen atoms in total. The Bertz CT molecular complexity index is 756. The Balaban J connectivity index is 1.54. The van der Waals surface area contributed by atoms with Gasteiger partial charge in [-0.25, -0.2) is 4.39 Å². The van der Waals surface area contributed by atoms with E-state index < -0.39 is 5.82 Å². The summed E-state index contributed by atoms with van der Waals surface area (Å²) < 4.78 is 13.2. The number of hydrogen-bond donors (Lipinski definition) is 2. The van der Waals surface area contributed by atoms with Gasteiger partial charge in [0.15, 0.2) is 0 Å². The normalized spacial score (nSPS) is 14.3. The van der Waals surface area contributed by atoms with Crippen LogP contribution in [0.15, 0.2) is 48.5 Å². The first-order valence-corrected chi connectivity index (χ1v) is 8.29. The van der Waals surface area contributed by atoms with Gasteiger partial charge in [-0.15, -0.1) is 0 Å². The molecule has 1 heterocycles. The fourth-order valence-electron chi connectivity index (χ4n) is 2.81. The molecule has 0 aliphatic carbocycles. The number of nitrogens with zero attached hydrogens (tertiary/aromatic N) is 1. The number of carbonyl (C=O) groups excluding carboxylic acids is 2. The van der Waals surface area contributed by atoms with Crippen molar-refractivity contribution in [2.45, 2.75) is 12.8 Å². The molecule has 25 heavy (non-hydrogen) atoms. The van der Waals surface area contributed by atoms with Gasteiger partial charge in [0.05, 0.1) is 6.54 Å². The number of nitrogens with one attached hydrogen (secondary N) is 2. The van der Waals surface area contributed by atoms with Crippen LogP contribution in [0.4, 0.5) is 15.8 Å². The van der Waals surface area contributed by atoms with Gasteiger partial charge in [0.1, 0.15) is 5.82 Å². The predicted molar refractivity (Wildman–Crippen MR) is 95.1 cm³/mol. The summed E-state index contributed by atoms with van der Waals surface area (Å²) in [7, 11) is 0. The molecule has 1 saturated heterocycles. The zero-order valence-corrected chi connectivity index (χ0v) is 13.8. The Morgan fingerprint density at radius 3 is 2.24 bits per heavy atom. The van der Waals surface area contributed by atoms with Crippen molar-refractivity contribution in [3.8, 4) is 0 Å². The second-order valence-corrected chi connectivity index (χ2v) is 6.07. The Labute approximate surface area is 145 Å². The van der Waals surface area contributed by atoms with Crippen molar-refractivity contribution in [3.05, 3.63) is 59.9 Å². The highest BCUT2D eigenvalue weighted by atomic mass is 19.1. The van der Waals surface area contributed by atoms with Crippen molar-refractivity contribution >= 4 is 23.2 Å². The number of anilines is 2. The molecule has 0 bridgehead atoms. The summed E-state index contributed by atoms with van der Waals surface area (Å²) in [6, 6.07) is 12.4. The Hall–Kier alpha value is -2.73. The first-order chi connectivity index (χ1) is 12.1. The van der Waals surface area contributed by atoms with Crippen LogP contribution in [0.25, 0.3) is 0 Å². The van der Waals surface area contributed by atoms with Gasteiger partial charge in [-0.1, -0.05) is 6.07 Å². The van der Waals surface area contributed by atoms with Crippen molar-refractivity contribution in [2.24, 2.45) is 0 Å². The van der Waals surface area contributed by atoms with E-state index in [0.29, 0.717) is 17.9 Å². The summed E-state index contributed by atoms with van der Waals surface area (Å²) in [5.41, 5.74) is 1.50. The molecule has 6 heteroatoms. The zero-order valence-electron chi connectivity index (χ0n) is 13.8. The van der Waals surface area contributed by atoms with E-state index in [1.54, 1.807) is 30.3 Å². The highest BCUT2D eigenvalue weighted by Crippen LogP contribution is 2.15. The van der Waals surface area contributed by atoms with E-state index in [9.17, 15) is 14.0 Å². The highest BCUT2D eigenvalue weighted by Gasteiger charge is 2.15. The molecular formula is C19H20FN3O2. The number of amides is 2. The Kier molecular flexibility index (Phi) is 5.40. The lowest BCUT2D eigenvalue weighted by Crippen LogP contribution is -2.30. The number of benzene rings is 2. The highest BCUT2D eigenvalue weighted by molar-refractivity contribution is 6.04. The van der Waals surface area contributed by atoms with Crippen LogP contribution in [0.1, 0.15) is 23.2 Å². The zero-order chi connectivity index (χ0) is 17.6. The van der Waals surface area contributed by atoms with Gasteiger partial charge in [0, 0.05) is 16.9 Å². The lowest BCUT2D eigenvalue weighted by Gasteiger charge is -2.14. The molecule has 0 atom stereocenters. The first-order valence-electron chi connectivity index (χ1n) is 8.29. The van der Waals surface area contributed by atoms with Crippen LogP contribution >= 0.6 is 0 Å². The number of hydrogen-bond acceptors (Lipinski definition) is 3. The maximum atomic E-state index is 13.2. The van der Waals surface area contributed by atoms with Crippen molar-refractivity contribution in [3.63, 3.8) is 0 Å². The van der Waals surface area contributed by atoms with Crippen molar-refractivity contribution in [2.75, 3.05) is 30.3 Å². The summed E-state index contributed by atoms with van der Waals surface area (Å²) in [5, 5.41) is 5.54. The van der Waals surface area contributed by atoms with Gasteiger partial charge in [-0.3, -0.25) is 14.5 Å². The average Bonchev–Trinajstić information content (AvgIpc) is 3.09. The van der Waals surface area contributed by atoms with Crippen LogP contribution < -0.4 is 10.6 Å². The fraction of sp³-hybridized carbons (Fsp3) is 0.263. The van der Waals surface area contributed by atoms with E-state index in [2.05, 4.69) is 15.5 Å². The van der Waals surface area contributed by atoms with E-state index in [0.717, 1.165) is 25.9 Å². The van der Waals surface area contributed by atoms with Crippen molar-refractivity contribution in [1.82, 2.24) is 4.90 Å². The summed E-state index contributed by atoms with van der Waals surface area (Å²) in [6.45, 7) is 2.34. The largest absolute Gasteiger partial charge is 0.325 e. The number of likely N-dealkylation sites (tertiary alicyclic amines) is 1. The van der Waals surface area contributed by atoms with Crippen molar-refractivity contribution in [1.29, 1.82) is 0 Å². The predicted octanol–water partition coefficient (Wildman–Crippen LogP) is 3.11. The minimum atomic E-state index is -0.455. The molecular weight excluding hydrogens is 321 g/mol. The molecule has 2 aromatic carbocycles. The molecule has 3 rings (SSSR count). The third-order valence-corrected chi connectivity index (χ3v) is 4.08. The van der Waals surface area contributed by atoms with Crippen LogP contribution in [-0.2, 0) is 4.79 Å². The number of halogens is 1. The minimum Gasteiger partial charge on any atom is -0.325 e. The molecule has 0 aromatic heterocycles. The van der Waals surface area contributed by atoms with Crippen LogP contribution in [0.5, 0.6) is 0 Å². The van der Waals surface area contributed by atoms with Crippen molar-refractivity contribution < 1.29 is 14.0 Å². The third-order valence-electron chi connectivity index (χ3n) is 4.08. The van der Waals surface area contributed by atoms with E-state index in [-0.39, 0.29) is 17.4 Å². The van der Waals surface area contributed by atoms with Gasteiger partial charge in [-0.2, -0.15) is 0 Å². The summed E-state index contributed by atoms with van der Waals surface area (Å²) in [4.78, 5) is 26.2. The molecule has 2 aromatic rings. The molecule has 1 aliphatic rings. The Morgan fingerprint density at radius 2 is 1.60 bits per heavy atom. The van der Waals surface area contributed by atoms with E-state index in [4.69, 9.17) is 0 Å². The third kappa shape index (κ3) is 4.87. The second-order valence-electron chi connectivity index (χ2n) is 6.07. The molecule has 2 N–H and O–H groups in total. The molecule has 130 valence electrons. The van der Waals surface area contributed by atoms with E-state index in [1.807, 2.05) is 0 Å². The summed E-state index contributed by atoms with van der Waals surface area (Å²) in [5.74, 6) is -0.882. The minimum absolute atomic E-state index is 0.0431. The molecule has 1 fully saturated rings. The Morgan fingerprint density at radius 1 is 0.960 bits per heavy atom. The first kappa shape index (κ1) is 17.1. The second kappa shape index (κ2) is 7.90. The summed E-state index contributed by atoms with van der Waals surface area (Å²) in [6.07, 6.45) is 2.29. The molecule has 2 amide bonds. The fourth-order valence-corrected chi connectivity index (χ4v) is 2.81. The lowest BCUT2D eigenvalue weighted by molar-refractivity contribution is -0.117. The quantitative estimate of drug-likeness (QED) is 0.878. The smallest absolute Gasteiger partial charge is 0.255 e. The van der Waals surface area contributed by atoms with Crippen LogP contribution in [-0.4, -0.2) is 36.3 Å². The van der Waals surface area contributed by atoms with Gasteiger partial charge in [0.25, 0.3) is 5.91 Å². The van der Waals surface area contributed by atoms with Crippen LogP contribution in [0, 0.1) is 5.82 Å². The molecule has 0 saturated carbocycles. The number of carbonyl (C=O) groups is 2. The molecule has 0 radical (unpaired) electrons. The van der Waals surface area contributed by atoms with Crippen LogP contribution in [0.3, 0.4) is 0 Å². The van der Waals surface area contributed by atoms with Gasteiger partial charge in [-0.05, 0) is 68.4 Å². The molecule has 0 unspecified atom stereocenters. The van der Waals surface area contributed by atoms with E-state index >= 15 is 0 Å². The summed E-state index contributed by atoms with van der Waals surface area (Å²) >= 11 is 0.